The Kier molecular flexibility index (Phi) is 3.37. The third-order valence-electron chi connectivity index (χ3n) is 3.67. The van der Waals surface area contributed by atoms with Crippen LogP contribution in [-0.4, -0.2) is 17.4 Å². The molecule has 1 aromatic carbocycles. The molecule has 1 amide bonds. The van der Waals surface area contributed by atoms with Gasteiger partial charge in [0.05, 0.1) is 5.92 Å². The number of nitrogens with zero attached hydrogens (tertiary/aromatic N) is 1. The molecule has 1 aliphatic heterocycles. The van der Waals surface area contributed by atoms with Gasteiger partial charge in [0.1, 0.15) is 0 Å². The molecule has 1 aliphatic rings. The summed E-state index contributed by atoms with van der Waals surface area (Å²) in [6.45, 7) is 2.62. The van der Waals surface area contributed by atoms with Crippen molar-refractivity contribution in [1.29, 1.82) is 0 Å². The van der Waals surface area contributed by atoms with Gasteiger partial charge in [-0.2, -0.15) is 0 Å². The Bertz CT molecular complexity index is 639. The van der Waals surface area contributed by atoms with E-state index in [9.17, 15) is 4.79 Å². The Morgan fingerprint density at radius 3 is 3.05 bits per heavy atom. The summed E-state index contributed by atoms with van der Waals surface area (Å²) >= 11 is 0. The number of nitrogens with one attached hydrogen (secondary N) is 2. The number of rotatable bonds is 2. The number of pyridine rings is 1. The highest BCUT2D eigenvalue weighted by atomic mass is 16.1. The fourth-order valence-corrected chi connectivity index (χ4v) is 2.48. The molecule has 0 fully saturated rings. The van der Waals surface area contributed by atoms with Crippen LogP contribution in [0.25, 0.3) is 0 Å². The predicted octanol–water partition coefficient (Wildman–Crippen LogP) is 2.61. The van der Waals surface area contributed by atoms with E-state index in [4.69, 9.17) is 0 Å². The van der Waals surface area contributed by atoms with E-state index in [1.807, 2.05) is 25.1 Å². The van der Waals surface area contributed by atoms with Gasteiger partial charge in [0.25, 0.3) is 0 Å². The first-order valence-corrected chi connectivity index (χ1v) is 6.77. The minimum atomic E-state index is -0.0440. The molecule has 1 atom stereocenters. The minimum absolute atomic E-state index is 0.0440. The summed E-state index contributed by atoms with van der Waals surface area (Å²) < 4.78 is 0. The van der Waals surface area contributed by atoms with Gasteiger partial charge < -0.3 is 10.6 Å². The van der Waals surface area contributed by atoms with Crippen molar-refractivity contribution < 1.29 is 4.79 Å². The Morgan fingerprint density at radius 1 is 1.35 bits per heavy atom. The number of aryl methyl sites for hydroxylation is 1. The van der Waals surface area contributed by atoms with Crippen LogP contribution >= 0.6 is 0 Å². The van der Waals surface area contributed by atoms with E-state index in [1.54, 1.807) is 12.4 Å². The maximum absolute atomic E-state index is 12.4. The van der Waals surface area contributed by atoms with E-state index in [2.05, 4.69) is 27.8 Å². The maximum Gasteiger partial charge on any atom is 0.229 e. The van der Waals surface area contributed by atoms with Gasteiger partial charge in [0, 0.05) is 30.3 Å². The SMILES string of the molecule is Cc1cnccc1NC(=O)C1CNc2ccccc2C1. The molecule has 4 nitrogen and oxygen atoms in total. The third-order valence-corrected chi connectivity index (χ3v) is 3.67. The number of amides is 1. The lowest BCUT2D eigenvalue weighted by Crippen LogP contribution is -2.33. The van der Waals surface area contributed by atoms with Crippen molar-refractivity contribution >= 4 is 17.3 Å². The fourth-order valence-electron chi connectivity index (χ4n) is 2.48. The standard InChI is InChI=1S/C16H17N3O/c1-11-9-17-7-6-14(11)19-16(20)13-8-12-4-2-3-5-15(12)18-10-13/h2-7,9,13,18H,8,10H2,1H3,(H,17,19,20). The molecule has 2 heterocycles. The lowest BCUT2D eigenvalue weighted by molar-refractivity contribution is -0.119. The van der Waals surface area contributed by atoms with Crippen LogP contribution < -0.4 is 10.6 Å². The van der Waals surface area contributed by atoms with Crippen LogP contribution in [-0.2, 0) is 11.2 Å². The van der Waals surface area contributed by atoms with E-state index >= 15 is 0 Å². The zero-order chi connectivity index (χ0) is 13.9. The second-order valence-corrected chi connectivity index (χ2v) is 5.12. The first-order valence-electron chi connectivity index (χ1n) is 6.77. The van der Waals surface area contributed by atoms with Crippen molar-refractivity contribution in [2.75, 3.05) is 17.2 Å². The van der Waals surface area contributed by atoms with Crippen molar-refractivity contribution in [2.45, 2.75) is 13.3 Å². The molecule has 2 aromatic rings. The molecule has 0 aliphatic carbocycles. The molecule has 0 bridgehead atoms. The second kappa shape index (κ2) is 5.33. The summed E-state index contributed by atoms with van der Waals surface area (Å²) in [6, 6.07) is 9.97. The zero-order valence-corrected chi connectivity index (χ0v) is 11.4. The fraction of sp³-hybridized carbons (Fsp3) is 0.250. The Morgan fingerprint density at radius 2 is 2.20 bits per heavy atom. The van der Waals surface area contributed by atoms with E-state index in [-0.39, 0.29) is 11.8 Å². The van der Waals surface area contributed by atoms with Crippen LogP contribution in [0.2, 0.25) is 0 Å². The van der Waals surface area contributed by atoms with Crippen molar-refractivity contribution in [3.05, 3.63) is 53.9 Å². The average molecular weight is 267 g/mol. The van der Waals surface area contributed by atoms with Crippen LogP contribution in [0.15, 0.2) is 42.7 Å². The summed E-state index contributed by atoms with van der Waals surface area (Å²) in [7, 11) is 0. The number of benzene rings is 1. The maximum atomic E-state index is 12.4. The molecule has 1 aromatic heterocycles. The molecule has 1 unspecified atom stereocenters. The van der Waals surface area contributed by atoms with E-state index in [1.165, 1.54) is 5.56 Å². The topological polar surface area (TPSA) is 54.0 Å². The van der Waals surface area contributed by atoms with Crippen molar-refractivity contribution in [1.82, 2.24) is 4.98 Å². The van der Waals surface area contributed by atoms with E-state index in [0.29, 0.717) is 6.54 Å². The zero-order valence-electron chi connectivity index (χ0n) is 11.4. The smallest absolute Gasteiger partial charge is 0.229 e. The molecule has 2 N–H and O–H groups in total. The van der Waals surface area contributed by atoms with Gasteiger partial charge in [-0.1, -0.05) is 18.2 Å². The Labute approximate surface area is 118 Å². The summed E-state index contributed by atoms with van der Waals surface area (Å²) in [5.41, 5.74) is 4.15. The van der Waals surface area contributed by atoms with E-state index in [0.717, 1.165) is 23.4 Å². The van der Waals surface area contributed by atoms with Gasteiger partial charge in [-0.05, 0) is 36.6 Å². The van der Waals surface area contributed by atoms with Gasteiger partial charge in [0.2, 0.25) is 5.91 Å². The molecular weight excluding hydrogens is 250 g/mol. The van der Waals surface area contributed by atoms with Crippen molar-refractivity contribution in [2.24, 2.45) is 5.92 Å². The normalized spacial score (nSPS) is 16.9. The first kappa shape index (κ1) is 12.7. The van der Waals surface area contributed by atoms with Gasteiger partial charge in [-0.15, -0.1) is 0 Å². The number of carbonyl (C=O) groups excluding carboxylic acids is 1. The quantitative estimate of drug-likeness (QED) is 0.879. The molecular formula is C16H17N3O. The van der Waals surface area contributed by atoms with Crippen LogP contribution in [0.4, 0.5) is 11.4 Å². The molecule has 0 spiro atoms. The molecule has 0 saturated carbocycles. The summed E-state index contributed by atoms with van der Waals surface area (Å²) in [4.78, 5) is 16.4. The molecule has 0 saturated heterocycles. The number of hydrogen-bond donors (Lipinski definition) is 2. The van der Waals surface area contributed by atoms with Gasteiger partial charge >= 0.3 is 0 Å². The number of hydrogen-bond acceptors (Lipinski definition) is 3. The van der Waals surface area contributed by atoms with Gasteiger partial charge in [0.15, 0.2) is 0 Å². The Balaban J connectivity index is 1.72. The average Bonchev–Trinajstić information content (AvgIpc) is 2.49. The molecule has 3 rings (SSSR count). The lowest BCUT2D eigenvalue weighted by Gasteiger charge is -2.25. The molecule has 0 radical (unpaired) electrons. The summed E-state index contributed by atoms with van der Waals surface area (Å²) in [5, 5.41) is 6.31. The number of para-hydroxylation sites is 1. The summed E-state index contributed by atoms with van der Waals surface area (Å²) in [5.74, 6) is 0.0127. The number of anilines is 2. The highest BCUT2D eigenvalue weighted by Crippen LogP contribution is 2.25. The van der Waals surface area contributed by atoms with Crippen LogP contribution in [0.3, 0.4) is 0 Å². The van der Waals surface area contributed by atoms with Crippen molar-refractivity contribution in [3.8, 4) is 0 Å². The first-order chi connectivity index (χ1) is 9.74. The largest absolute Gasteiger partial charge is 0.384 e. The van der Waals surface area contributed by atoms with Crippen LogP contribution in [0.1, 0.15) is 11.1 Å². The highest BCUT2D eigenvalue weighted by Gasteiger charge is 2.24. The lowest BCUT2D eigenvalue weighted by atomic mass is 9.93. The summed E-state index contributed by atoms with van der Waals surface area (Å²) in [6.07, 6.45) is 4.22. The number of fused-ring (bicyclic) bond motifs is 1. The molecule has 102 valence electrons. The monoisotopic (exact) mass is 267 g/mol. The van der Waals surface area contributed by atoms with Gasteiger partial charge in [-0.25, -0.2) is 0 Å². The molecule has 20 heavy (non-hydrogen) atoms. The van der Waals surface area contributed by atoms with E-state index < -0.39 is 0 Å². The molecule has 4 heteroatoms. The number of aromatic nitrogens is 1. The van der Waals surface area contributed by atoms with Gasteiger partial charge in [-0.3, -0.25) is 9.78 Å². The number of carbonyl (C=O) groups is 1. The van der Waals surface area contributed by atoms with Crippen LogP contribution in [0, 0.1) is 12.8 Å². The Hall–Kier alpha value is -2.36. The second-order valence-electron chi connectivity index (χ2n) is 5.12. The van der Waals surface area contributed by atoms with Crippen molar-refractivity contribution in [3.63, 3.8) is 0 Å². The van der Waals surface area contributed by atoms with Crippen LogP contribution in [0.5, 0.6) is 0 Å². The predicted molar refractivity (Wildman–Crippen MR) is 79.7 cm³/mol. The highest BCUT2D eigenvalue weighted by molar-refractivity contribution is 5.94. The minimum Gasteiger partial charge on any atom is -0.384 e. The third kappa shape index (κ3) is 2.50.